The molecule has 3 N–H and O–H groups in total. The number of anilines is 1. The van der Waals surface area contributed by atoms with Crippen LogP contribution in [-0.4, -0.2) is 34.8 Å². The van der Waals surface area contributed by atoms with Crippen molar-refractivity contribution in [2.24, 2.45) is 13.0 Å². The summed E-state index contributed by atoms with van der Waals surface area (Å²) in [6.45, 7) is 3.91. The third-order valence-electron chi connectivity index (χ3n) is 2.57. The molecule has 0 saturated heterocycles. The van der Waals surface area contributed by atoms with Crippen molar-refractivity contribution in [3.63, 3.8) is 0 Å². The van der Waals surface area contributed by atoms with E-state index in [1.807, 2.05) is 13.8 Å². The van der Waals surface area contributed by atoms with E-state index in [0.29, 0.717) is 6.42 Å². The first-order chi connectivity index (χ1) is 8.85. The number of rotatable bonds is 5. The highest BCUT2D eigenvalue weighted by atomic mass is 16.5. The lowest BCUT2D eigenvalue weighted by Crippen LogP contribution is -2.42. The highest BCUT2D eigenvalue weighted by Gasteiger charge is 2.25. The number of amides is 1. The summed E-state index contributed by atoms with van der Waals surface area (Å²) in [4.78, 5) is 23.6. The first kappa shape index (κ1) is 15.0. The predicted molar refractivity (Wildman–Crippen MR) is 70.3 cm³/mol. The van der Waals surface area contributed by atoms with Gasteiger partial charge < -0.3 is 15.8 Å². The van der Waals surface area contributed by atoms with Gasteiger partial charge in [0, 0.05) is 13.2 Å². The first-order valence-corrected chi connectivity index (χ1v) is 6.03. The minimum Gasteiger partial charge on any atom is -0.467 e. The Balaban J connectivity index is 2.81. The fourth-order valence-electron chi connectivity index (χ4n) is 1.74. The van der Waals surface area contributed by atoms with Gasteiger partial charge in [0.2, 0.25) is 0 Å². The van der Waals surface area contributed by atoms with Gasteiger partial charge in [0.05, 0.1) is 12.8 Å². The number of nitrogens with zero attached hydrogens (tertiary/aromatic N) is 2. The van der Waals surface area contributed by atoms with Gasteiger partial charge in [-0.05, 0) is 12.3 Å². The van der Waals surface area contributed by atoms with Crippen LogP contribution in [0.1, 0.15) is 30.8 Å². The van der Waals surface area contributed by atoms with E-state index < -0.39 is 17.9 Å². The number of carbonyl (C=O) groups is 2. The number of hydrogen-bond donors (Lipinski definition) is 2. The predicted octanol–water partition coefficient (Wildman–Crippen LogP) is 0.320. The normalized spacial score (nSPS) is 12.3. The Labute approximate surface area is 112 Å². The lowest BCUT2D eigenvalue weighted by Gasteiger charge is -2.17. The fraction of sp³-hybridized carbons (Fsp3) is 0.583. The maximum Gasteiger partial charge on any atom is 0.328 e. The molecule has 7 nitrogen and oxygen atoms in total. The average Bonchev–Trinajstić information content (AvgIpc) is 2.66. The van der Waals surface area contributed by atoms with Crippen molar-refractivity contribution >= 4 is 17.6 Å². The van der Waals surface area contributed by atoms with Crippen LogP contribution in [0, 0.1) is 5.92 Å². The maximum absolute atomic E-state index is 12.0. The second-order valence-corrected chi connectivity index (χ2v) is 4.79. The minimum atomic E-state index is -0.695. The molecule has 106 valence electrons. The van der Waals surface area contributed by atoms with Crippen LogP contribution in [-0.2, 0) is 16.6 Å². The van der Waals surface area contributed by atoms with Gasteiger partial charge in [-0.2, -0.15) is 5.10 Å². The van der Waals surface area contributed by atoms with Gasteiger partial charge in [-0.3, -0.25) is 9.48 Å². The van der Waals surface area contributed by atoms with E-state index >= 15 is 0 Å². The molecule has 1 aromatic heterocycles. The highest BCUT2D eigenvalue weighted by molar-refractivity contribution is 5.99. The highest BCUT2D eigenvalue weighted by Crippen LogP contribution is 2.11. The van der Waals surface area contributed by atoms with Gasteiger partial charge in [-0.25, -0.2) is 4.79 Å². The van der Waals surface area contributed by atoms with Gasteiger partial charge in [0.1, 0.15) is 6.04 Å². The van der Waals surface area contributed by atoms with Crippen LogP contribution in [0.15, 0.2) is 6.20 Å². The Bertz CT molecular complexity index is 468. The van der Waals surface area contributed by atoms with Gasteiger partial charge in [-0.15, -0.1) is 0 Å². The molecule has 1 amide bonds. The molecular weight excluding hydrogens is 248 g/mol. The second kappa shape index (κ2) is 6.21. The summed E-state index contributed by atoms with van der Waals surface area (Å²) >= 11 is 0. The standard InChI is InChI=1S/C12H20N4O3/c1-7(2)5-9(12(18)19-4)14-11(17)10-8(13)6-16(3)15-10/h6-7,9H,5,13H2,1-4H3,(H,14,17). The van der Waals surface area contributed by atoms with Gasteiger partial charge in [0.25, 0.3) is 5.91 Å². The SMILES string of the molecule is COC(=O)C(CC(C)C)NC(=O)c1nn(C)cc1N. The van der Waals surface area contributed by atoms with E-state index in [9.17, 15) is 9.59 Å². The molecule has 0 aliphatic rings. The Morgan fingerprint density at radius 2 is 2.16 bits per heavy atom. The maximum atomic E-state index is 12.0. The zero-order chi connectivity index (χ0) is 14.6. The largest absolute Gasteiger partial charge is 0.467 e. The summed E-state index contributed by atoms with van der Waals surface area (Å²) in [6.07, 6.45) is 2.02. The van der Waals surface area contributed by atoms with E-state index in [4.69, 9.17) is 5.73 Å². The molecule has 1 heterocycles. The van der Waals surface area contributed by atoms with Crippen LogP contribution in [0.5, 0.6) is 0 Å². The number of aryl methyl sites for hydroxylation is 1. The molecule has 0 aromatic carbocycles. The zero-order valence-electron chi connectivity index (χ0n) is 11.6. The third kappa shape index (κ3) is 3.97. The number of methoxy groups -OCH3 is 1. The van der Waals surface area contributed by atoms with Crippen molar-refractivity contribution in [1.82, 2.24) is 15.1 Å². The summed E-state index contributed by atoms with van der Waals surface area (Å²) in [5, 5.41) is 6.56. The van der Waals surface area contributed by atoms with Crippen molar-refractivity contribution in [2.45, 2.75) is 26.3 Å². The number of esters is 1. The Morgan fingerprint density at radius 3 is 2.58 bits per heavy atom. The van der Waals surface area contributed by atoms with Crippen molar-refractivity contribution in [1.29, 1.82) is 0 Å². The quantitative estimate of drug-likeness (QED) is 0.749. The molecule has 0 fully saturated rings. The van der Waals surface area contributed by atoms with Crippen LogP contribution >= 0.6 is 0 Å². The minimum absolute atomic E-state index is 0.111. The summed E-state index contributed by atoms with van der Waals surface area (Å²) in [5.74, 6) is -0.712. The summed E-state index contributed by atoms with van der Waals surface area (Å²) in [7, 11) is 2.95. The van der Waals surface area contributed by atoms with Crippen LogP contribution in [0.4, 0.5) is 5.69 Å². The molecule has 0 aliphatic carbocycles. The summed E-state index contributed by atoms with van der Waals surface area (Å²) in [6, 6.07) is -0.695. The molecule has 1 atom stereocenters. The van der Waals surface area contributed by atoms with E-state index in [0.717, 1.165) is 0 Å². The molecule has 0 bridgehead atoms. The number of nitrogen functional groups attached to an aromatic ring is 1. The van der Waals surface area contributed by atoms with E-state index in [1.54, 1.807) is 7.05 Å². The Kier molecular flexibility index (Phi) is 4.91. The molecule has 1 unspecified atom stereocenters. The van der Waals surface area contributed by atoms with Crippen molar-refractivity contribution < 1.29 is 14.3 Å². The number of hydrogen-bond acceptors (Lipinski definition) is 5. The molecule has 19 heavy (non-hydrogen) atoms. The van der Waals surface area contributed by atoms with E-state index in [-0.39, 0.29) is 17.3 Å². The van der Waals surface area contributed by atoms with Gasteiger partial charge in [-0.1, -0.05) is 13.8 Å². The molecule has 0 saturated carbocycles. The van der Waals surface area contributed by atoms with Crippen molar-refractivity contribution in [3.8, 4) is 0 Å². The summed E-state index contributed by atoms with van der Waals surface area (Å²) in [5.41, 5.74) is 6.05. The molecule has 0 aliphatic heterocycles. The number of nitrogens with two attached hydrogens (primary N) is 1. The average molecular weight is 268 g/mol. The number of nitrogens with one attached hydrogen (secondary N) is 1. The van der Waals surface area contributed by atoms with Crippen LogP contribution in [0.2, 0.25) is 0 Å². The van der Waals surface area contributed by atoms with Gasteiger partial charge in [0.15, 0.2) is 5.69 Å². The van der Waals surface area contributed by atoms with Crippen LogP contribution in [0.25, 0.3) is 0 Å². The van der Waals surface area contributed by atoms with Gasteiger partial charge >= 0.3 is 5.97 Å². The van der Waals surface area contributed by atoms with E-state index in [2.05, 4.69) is 15.2 Å². The molecule has 1 aromatic rings. The Hall–Kier alpha value is -2.05. The third-order valence-corrected chi connectivity index (χ3v) is 2.57. The van der Waals surface area contributed by atoms with Crippen LogP contribution in [0.3, 0.4) is 0 Å². The number of carbonyl (C=O) groups excluding carboxylic acids is 2. The van der Waals surface area contributed by atoms with Crippen LogP contribution < -0.4 is 11.1 Å². The molecule has 0 radical (unpaired) electrons. The molecule has 1 rings (SSSR count). The summed E-state index contributed by atoms with van der Waals surface area (Å²) < 4.78 is 6.12. The monoisotopic (exact) mass is 268 g/mol. The lowest BCUT2D eigenvalue weighted by molar-refractivity contribution is -0.143. The smallest absolute Gasteiger partial charge is 0.328 e. The Morgan fingerprint density at radius 1 is 1.53 bits per heavy atom. The first-order valence-electron chi connectivity index (χ1n) is 6.03. The fourth-order valence-corrected chi connectivity index (χ4v) is 1.74. The van der Waals surface area contributed by atoms with Crippen molar-refractivity contribution in [3.05, 3.63) is 11.9 Å². The topological polar surface area (TPSA) is 99.2 Å². The molecule has 7 heteroatoms. The number of aromatic nitrogens is 2. The molecule has 0 spiro atoms. The lowest BCUT2D eigenvalue weighted by atomic mass is 10.0. The number of ether oxygens (including phenoxy) is 1. The van der Waals surface area contributed by atoms with Crippen molar-refractivity contribution in [2.75, 3.05) is 12.8 Å². The second-order valence-electron chi connectivity index (χ2n) is 4.79. The van der Waals surface area contributed by atoms with E-state index in [1.165, 1.54) is 18.0 Å². The molecular formula is C12H20N4O3. The zero-order valence-corrected chi connectivity index (χ0v) is 11.6.